The van der Waals surface area contributed by atoms with Crippen LogP contribution in [0.15, 0.2) is 25.0 Å². The minimum absolute atomic E-state index is 0.0434. The predicted octanol–water partition coefficient (Wildman–Crippen LogP) is 2.26. The molecule has 0 aromatic rings. The third-order valence-corrected chi connectivity index (χ3v) is 2.93. The number of nitrogens with one attached hydrogen (secondary N) is 1. The third kappa shape index (κ3) is 11.9. The second-order valence-electron chi connectivity index (χ2n) is 6.57. The molecule has 1 atom stereocenters. The number of ether oxygens (including phenoxy) is 3. The monoisotopic (exact) mass is 355 g/mol. The lowest BCUT2D eigenvalue weighted by atomic mass is 10.1. The minimum atomic E-state index is -1.11. The van der Waals surface area contributed by atoms with E-state index < -0.39 is 18.0 Å². The van der Waals surface area contributed by atoms with Crippen LogP contribution in [0.4, 0.5) is 0 Å². The van der Waals surface area contributed by atoms with Gasteiger partial charge in [-0.15, -0.1) is 0 Å². The van der Waals surface area contributed by atoms with E-state index in [-0.39, 0.29) is 36.5 Å². The first-order valence-corrected chi connectivity index (χ1v) is 8.15. The Balaban J connectivity index is 4.24. The summed E-state index contributed by atoms with van der Waals surface area (Å²) in [4.78, 5) is 35.0. The van der Waals surface area contributed by atoms with E-state index in [2.05, 4.69) is 23.2 Å². The molecule has 0 rings (SSSR count). The van der Waals surface area contributed by atoms with Gasteiger partial charge in [0, 0.05) is 24.1 Å². The first kappa shape index (κ1) is 22.9. The van der Waals surface area contributed by atoms with Crippen molar-refractivity contribution in [2.24, 2.45) is 0 Å². The SMILES string of the molecule is C=COC(=O)C(CCCC(=O)OCCNC(C)(C)C)OC(=O)C(=C)C. The highest BCUT2D eigenvalue weighted by molar-refractivity contribution is 5.89. The fraction of sp³-hybridized carbons (Fsp3) is 0.611. The van der Waals surface area contributed by atoms with Crippen molar-refractivity contribution in [3.63, 3.8) is 0 Å². The van der Waals surface area contributed by atoms with Crippen LogP contribution in [-0.4, -0.2) is 42.7 Å². The van der Waals surface area contributed by atoms with E-state index in [9.17, 15) is 14.4 Å². The average Bonchev–Trinajstić information content (AvgIpc) is 2.49. The van der Waals surface area contributed by atoms with E-state index in [4.69, 9.17) is 9.47 Å². The fourth-order valence-electron chi connectivity index (χ4n) is 1.71. The van der Waals surface area contributed by atoms with E-state index >= 15 is 0 Å². The number of rotatable bonds is 11. The lowest BCUT2D eigenvalue weighted by Gasteiger charge is -2.20. The Labute approximate surface area is 149 Å². The van der Waals surface area contributed by atoms with E-state index in [1.165, 1.54) is 6.92 Å². The summed E-state index contributed by atoms with van der Waals surface area (Å²) >= 11 is 0. The summed E-state index contributed by atoms with van der Waals surface area (Å²) in [5.74, 6) is -1.81. The van der Waals surface area contributed by atoms with Crippen LogP contribution in [0.5, 0.6) is 0 Å². The summed E-state index contributed by atoms with van der Waals surface area (Å²) in [7, 11) is 0. The van der Waals surface area contributed by atoms with E-state index in [0.717, 1.165) is 6.26 Å². The normalized spacial score (nSPS) is 12.0. The number of carbonyl (C=O) groups excluding carboxylic acids is 3. The van der Waals surface area contributed by atoms with Crippen LogP contribution in [0, 0.1) is 0 Å². The van der Waals surface area contributed by atoms with Gasteiger partial charge in [-0.2, -0.15) is 0 Å². The first-order valence-electron chi connectivity index (χ1n) is 8.15. The molecule has 0 aromatic heterocycles. The van der Waals surface area contributed by atoms with Crippen LogP contribution in [0.1, 0.15) is 47.0 Å². The summed E-state index contributed by atoms with van der Waals surface area (Å²) in [6, 6.07) is 0. The molecule has 0 saturated carbocycles. The average molecular weight is 355 g/mol. The van der Waals surface area contributed by atoms with Crippen molar-refractivity contribution in [3.05, 3.63) is 25.0 Å². The Morgan fingerprint density at radius 3 is 2.40 bits per heavy atom. The summed E-state index contributed by atoms with van der Waals surface area (Å²) < 4.78 is 14.8. The van der Waals surface area contributed by atoms with Gasteiger partial charge in [-0.1, -0.05) is 13.2 Å². The van der Waals surface area contributed by atoms with E-state index in [1.54, 1.807) is 0 Å². The molecule has 0 saturated heterocycles. The fourth-order valence-corrected chi connectivity index (χ4v) is 1.71. The van der Waals surface area contributed by atoms with Crippen molar-refractivity contribution in [1.29, 1.82) is 0 Å². The molecule has 0 radical (unpaired) electrons. The van der Waals surface area contributed by atoms with Crippen molar-refractivity contribution in [2.75, 3.05) is 13.2 Å². The van der Waals surface area contributed by atoms with Crippen LogP contribution >= 0.6 is 0 Å². The van der Waals surface area contributed by atoms with Gasteiger partial charge in [0.05, 0.1) is 6.26 Å². The van der Waals surface area contributed by atoms with Crippen molar-refractivity contribution >= 4 is 17.9 Å². The Morgan fingerprint density at radius 1 is 1.24 bits per heavy atom. The van der Waals surface area contributed by atoms with Gasteiger partial charge in [0.25, 0.3) is 0 Å². The van der Waals surface area contributed by atoms with Gasteiger partial charge in [-0.3, -0.25) is 4.79 Å². The Hall–Kier alpha value is -2.15. The molecular weight excluding hydrogens is 326 g/mol. The highest BCUT2D eigenvalue weighted by Gasteiger charge is 2.24. The van der Waals surface area contributed by atoms with Crippen LogP contribution in [0.25, 0.3) is 0 Å². The standard InChI is InChI=1S/C18H29NO6/c1-7-23-17(22)14(25-16(21)13(2)3)9-8-10-15(20)24-12-11-19-18(4,5)6/h7,14,19H,1-2,8-12H2,3-6H3. The summed E-state index contributed by atoms with van der Waals surface area (Å²) in [5.41, 5.74) is 0.125. The highest BCUT2D eigenvalue weighted by atomic mass is 16.6. The molecule has 0 aliphatic rings. The molecule has 0 aliphatic heterocycles. The maximum atomic E-state index is 11.8. The summed E-state index contributed by atoms with van der Waals surface area (Å²) in [6.45, 7) is 15.1. The number of hydrogen-bond acceptors (Lipinski definition) is 7. The Kier molecular flexibility index (Phi) is 10.4. The number of carbonyl (C=O) groups is 3. The van der Waals surface area contributed by atoms with Gasteiger partial charge in [-0.05, 0) is 40.5 Å². The molecule has 0 fully saturated rings. The van der Waals surface area contributed by atoms with Crippen LogP contribution in [0.3, 0.4) is 0 Å². The summed E-state index contributed by atoms with van der Waals surface area (Å²) in [6.07, 6.45) is 0.406. The maximum Gasteiger partial charge on any atom is 0.352 e. The topological polar surface area (TPSA) is 90.9 Å². The first-order chi connectivity index (χ1) is 11.6. The Morgan fingerprint density at radius 2 is 1.88 bits per heavy atom. The predicted molar refractivity (Wildman–Crippen MR) is 93.5 cm³/mol. The second-order valence-corrected chi connectivity index (χ2v) is 6.57. The molecule has 0 aliphatic carbocycles. The smallest absolute Gasteiger partial charge is 0.352 e. The molecular formula is C18H29NO6. The molecule has 7 nitrogen and oxygen atoms in total. The third-order valence-electron chi connectivity index (χ3n) is 2.93. The lowest BCUT2D eigenvalue weighted by Crippen LogP contribution is -2.38. The number of hydrogen-bond donors (Lipinski definition) is 1. The quantitative estimate of drug-likeness (QED) is 0.200. The second kappa shape index (κ2) is 11.4. The van der Waals surface area contributed by atoms with Gasteiger partial charge in [-0.25, -0.2) is 9.59 Å². The van der Waals surface area contributed by atoms with Gasteiger partial charge in [0.15, 0.2) is 6.10 Å². The van der Waals surface area contributed by atoms with Crippen molar-refractivity contribution < 1.29 is 28.6 Å². The van der Waals surface area contributed by atoms with Crippen LogP contribution in [-0.2, 0) is 28.6 Å². The zero-order valence-electron chi connectivity index (χ0n) is 15.6. The summed E-state index contributed by atoms with van der Waals surface area (Å²) in [5, 5.41) is 3.20. The van der Waals surface area contributed by atoms with Crippen molar-refractivity contribution in [3.8, 4) is 0 Å². The molecule has 0 spiro atoms. The van der Waals surface area contributed by atoms with Crippen molar-refractivity contribution in [2.45, 2.75) is 58.6 Å². The molecule has 0 amide bonds. The largest absolute Gasteiger partial charge is 0.464 e. The lowest BCUT2D eigenvalue weighted by molar-refractivity contribution is -0.162. The molecule has 0 bridgehead atoms. The van der Waals surface area contributed by atoms with E-state index in [1.807, 2.05) is 20.8 Å². The van der Waals surface area contributed by atoms with Gasteiger partial charge in [0.1, 0.15) is 6.61 Å². The minimum Gasteiger partial charge on any atom is -0.464 e. The zero-order valence-corrected chi connectivity index (χ0v) is 15.6. The van der Waals surface area contributed by atoms with Gasteiger partial charge < -0.3 is 19.5 Å². The molecule has 25 heavy (non-hydrogen) atoms. The van der Waals surface area contributed by atoms with Gasteiger partial charge >= 0.3 is 17.9 Å². The number of esters is 3. The molecule has 1 N–H and O–H groups in total. The molecule has 142 valence electrons. The van der Waals surface area contributed by atoms with E-state index in [0.29, 0.717) is 13.0 Å². The van der Waals surface area contributed by atoms with Crippen molar-refractivity contribution in [1.82, 2.24) is 5.32 Å². The highest BCUT2D eigenvalue weighted by Crippen LogP contribution is 2.10. The zero-order chi connectivity index (χ0) is 19.5. The molecule has 7 heteroatoms. The molecule has 0 aromatic carbocycles. The van der Waals surface area contributed by atoms with Crippen LogP contribution < -0.4 is 5.32 Å². The Bertz CT molecular complexity index is 492. The maximum absolute atomic E-state index is 11.8. The molecule has 0 heterocycles. The van der Waals surface area contributed by atoms with Crippen LogP contribution in [0.2, 0.25) is 0 Å². The van der Waals surface area contributed by atoms with Gasteiger partial charge in [0.2, 0.25) is 0 Å². The molecule has 1 unspecified atom stereocenters.